The van der Waals surface area contributed by atoms with Crippen molar-refractivity contribution in [2.24, 2.45) is 5.73 Å². The van der Waals surface area contributed by atoms with Gasteiger partial charge < -0.3 is 16.0 Å². The molecule has 7 heteroatoms. The van der Waals surface area contributed by atoms with Crippen LogP contribution in [0.1, 0.15) is 33.1 Å². The largest absolute Gasteiger partial charge is 0.332 e. The maximum Gasteiger partial charge on any atom is 0.243 e. The first-order valence-corrected chi connectivity index (χ1v) is 7.95. The van der Waals surface area contributed by atoms with Crippen LogP contribution in [0.4, 0.5) is 5.69 Å². The SMILES string of the molecule is CCCC(N)C(=O)N(CCC)CC(=O)Nc1ccc(Cl)cc1.Cl. The highest BCUT2D eigenvalue weighted by Crippen LogP contribution is 2.13. The Bertz CT molecular complexity index is 495. The highest BCUT2D eigenvalue weighted by molar-refractivity contribution is 6.30. The quantitative estimate of drug-likeness (QED) is 0.746. The van der Waals surface area contributed by atoms with E-state index in [-0.39, 0.29) is 30.8 Å². The third-order valence-corrected chi connectivity index (χ3v) is 3.44. The molecule has 0 aliphatic heterocycles. The Morgan fingerprint density at radius 2 is 1.83 bits per heavy atom. The van der Waals surface area contributed by atoms with Gasteiger partial charge in [0.2, 0.25) is 11.8 Å². The molecule has 0 aliphatic carbocycles. The van der Waals surface area contributed by atoms with Crippen molar-refractivity contribution in [3.63, 3.8) is 0 Å². The molecule has 0 aromatic heterocycles. The molecular weight excluding hydrogens is 337 g/mol. The summed E-state index contributed by atoms with van der Waals surface area (Å²) in [6.45, 7) is 4.46. The molecule has 0 radical (unpaired) electrons. The lowest BCUT2D eigenvalue weighted by molar-refractivity contribution is -0.136. The second kappa shape index (κ2) is 11.3. The van der Waals surface area contributed by atoms with Gasteiger partial charge in [0, 0.05) is 17.3 Å². The number of amides is 2. The molecule has 2 amide bonds. The van der Waals surface area contributed by atoms with Crippen molar-refractivity contribution in [3.05, 3.63) is 29.3 Å². The zero-order chi connectivity index (χ0) is 16.5. The number of halogens is 2. The molecule has 3 N–H and O–H groups in total. The summed E-state index contributed by atoms with van der Waals surface area (Å²) in [6, 6.07) is 6.29. The third kappa shape index (κ3) is 7.68. The number of nitrogens with one attached hydrogen (secondary N) is 1. The van der Waals surface area contributed by atoms with Crippen molar-refractivity contribution < 1.29 is 9.59 Å². The van der Waals surface area contributed by atoms with Gasteiger partial charge in [0.25, 0.3) is 0 Å². The summed E-state index contributed by atoms with van der Waals surface area (Å²) in [5.41, 5.74) is 6.52. The Labute approximate surface area is 149 Å². The highest BCUT2D eigenvalue weighted by atomic mass is 35.5. The predicted octanol–water partition coefficient (Wildman–Crippen LogP) is 3.07. The number of hydrogen-bond donors (Lipinski definition) is 2. The Morgan fingerprint density at radius 1 is 1.22 bits per heavy atom. The average molecular weight is 362 g/mol. The van der Waals surface area contributed by atoms with Gasteiger partial charge in [-0.05, 0) is 37.1 Å². The molecule has 130 valence electrons. The van der Waals surface area contributed by atoms with Gasteiger partial charge in [0.05, 0.1) is 12.6 Å². The van der Waals surface area contributed by atoms with Gasteiger partial charge >= 0.3 is 0 Å². The summed E-state index contributed by atoms with van der Waals surface area (Å²) in [7, 11) is 0. The van der Waals surface area contributed by atoms with E-state index in [2.05, 4.69) is 5.32 Å². The summed E-state index contributed by atoms with van der Waals surface area (Å²) in [5, 5.41) is 3.35. The first-order chi connectivity index (χ1) is 10.5. The summed E-state index contributed by atoms with van der Waals surface area (Å²) in [4.78, 5) is 25.9. The standard InChI is InChI=1S/C16H24ClN3O2.ClH/c1-3-5-14(18)16(22)20(10-4-2)11-15(21)19-13-8-6-12(17)7-9-13;/h6-9,14H,3-5,10-11,18H2,1-2H3,(H,19,21);1H. The van der Waals surface area contributed by atoms with E-state index in [0.29, 0.717) is 23.7 Å². The molecule has 0 heterocycles. The number of hydrogen-bond acceptors (Lipinski definition) is 3. The summed E-state index contributed by atoms with van der Waals surface area (Å²) in [5.74, 6) is -0.414. The molecule has 1 rings (SSSR count). The number of nitrogens with zero attached hydrogens (tertiary/aromatic N) is 1. The average Bonchev–Trinajstić information content (AvgIpc) is 2.48. The second-order valence-corrected chi connectivity index (χ2v) is 5.65. The number of nitrogens with two attached hydrogens (primary N) is 1. The first kappa shape index (κ1) is 21.7. The number of carbonyl (C=O) groups is 2. The molecule has 1 atom stereocenters. The molecule has 0 saturated heterocycles. The van der Waals surface area contributed by atoms with Crippen LogP contribution in [0.25, 0.3) is 0 Å². The van der Waals surface area contributed by atoms with Crippen LogP contribution < -0.4 is 11.1 Å². The van der Waals surface area contributed by atoms with Gasteiger partial charge in [-0.15, -0.1) is 12.4 Å². The molecule has 0 bridgehead atoms. The number of carbonyl (C=O) groups excluding carboxylic acids is 2. The van der Waals surface area contributed by atoms with E-state index in [1.165, 1.54) is 4.90 Å². The molecule has 1 aromatic rings. The number of rotatable bonds is 8. The van der Waals surface area contributed by atoms with Crippen LogP contribution in [0.2, 0.25) is 5.02 Å². The minimum Gasteiger partial charge on any atom is -0.332 e. The molecule has 23 heavy (non-hydrogen) atoms. The molecule has 0 saturated carbocycles. The van der Waals surface area contributed by atoms with E-state index >= 15 is 0 Å². The highest BCUT2D eigenvalue weighted by Gasteiger charge is 2.21. The molecule has 5 nitrogen and oxygen atoms in total. The van der Waals surface area contributed by atoms with Crippen molar-refractivity contribution in [2.75, 3.05) is 18.4 Å². The van der Waals surface area contributed by atoms with Crippen molar-refractivity contribution in [1.82, 2.24) is 4.90 Å². The third-order valence-electron chi connectivity index (χ3n) is 3.18. The van der Waals surface area contributed by atoms with Gasteiger partial charge in [-0.25, -0.2) is 0 Å². The van der Waals surface area contributed by atoms with Crippen LogP contribution in [0.5, 0.6) is 0 Å². The zero-order valence-corrected chi connectivity index (χ0v) is 15.1. The Morgan fingerprint density at radius 3 is 2.35 bits per heavy atom. The second-order valence-electron chi connectivity index (χ2n) is 5.21. The van der Waals surface area contributed by atoms with Gasteiger partial charge in [0.15, 0.2) is 0 Å². The minimum atomic E-state index is -0.542. The lowest BCUT2D eigenvalue weighted by Gasteiger charge is -2.24. The van der Waals surface area contributed by atoms with E-state index in [4.69, 9.17) is 17.3 Å². The normalized spacial score (nSPS) is 11.3. The molecule has 1 unspecified atom stereocenters. The predicted molar refractivity (Wildman–Crippen MR) is 97.1 cm³/mol. The van der Waals surface area contributed by atoms with Gasteiger partial charge in [-0.3, -0.25) is 9.59 Å². The zero-order valence-electron chi connectivity index (χ0n) is 13.5. The number of benzene rings is 1. The monoisotopic (exact) mass is 361 g/mol. The summed E-state index contributed by atoms with van der Waals surface area (Å²) >= 11 is 5.80. The maximum atomic E-state index is 12.3. The fourth-order valence-electron chi connectivity index (χ4n) is 2.11. The van der Waals surface area contributed by atoms with Crippen molar-refractivity contribution in [2.45, 2.75) is 39.2 Å². The lowest BCUT2D eigenvalue weighted by atomic mass is 10.1. The van der Waals surface area contributed by atoms with E-state index in [9.17, 15) is 9.59 Å². The fraction of sp³-hybridized carbons (Fsp3) is 0.500. The van der Waals surface area contributed by atoms with Crippen molar-refractivity contribution in [3.8, 4) is 0 Å². The van der Waals surface area contributed by atoms with Gasteiger partial charge in [-0.1, -0.05) is 31.9 Å². The lowest BCUT2D eigenvalue weighted by Crippen LogP contribution is -2.47. The minimum absolute atomic E-state index is 0. The van der Waals surface area contributed by atoms with Crippen LogP contribution in [-0.2, 0) is 9.59 Å². The first-order valence-electron chi connectivity index (χ1n) is 7.57. The molecule has 0 fully saturated rings. The molecule has 0 spiro atoms. The van der Waals surface area contributed by atoms with Gasteiger partial charge in [0.1, 0.15) is 0 Å². The Balaban J connectivity index is 0.00000484. The van der Waals surface area contributed by atoms with E-state index in [0.717, 1.165) is 12.8 Å². The summed E-state index contributed by atoms with van der Waals surface area (Å²) < 4.78 is 0. The molecular formula is C16H25Cl2N3O2. The van der Waals surface area contributed by atoms with Gasteiger partial charge in [-0.2, -0.15) is 0 Å². The van der Waals surface area contributed by atoms with Crippen molar-refractivity contribution in [1.29, 1.82) is 0 Å². The van der Waals surface area contributed by atoms with Crippen molar-refractivity contribution >= 4 is 41.5 Å². The molecule has 0 aliphatic rings. The van der Waals surface area contributed by atoms with Crippen LogP contribution in [0.3, 0.4) is 0 Å². The number of anilines is 1. The topological polar surface area (TPSA) is 75.4 Å². The Hall–Kier alpha value is -1.30. The van der Waals surface area contributed by atoms with Crippen LogP contribution >= 0.6 is 24.0 Å². The van der Waals surface area contributed by atoms with E-state index in [1.54, 1.807) is 24.3 Å². The Kier molecular flexibility index (Phi) is 10.6. The van der Waals surface area contributed by atoms with Crippen LogP contribution in [-0.4, -0.2) is 35.8 Å². The van der Waals surface area contributed by atoms with Crippen LogP contribution in [0.15, 0.2) is 24.3 Å². The fourth-order valence-corrected chi connectivity index (χ4v) is 2.24. The van der Waals surface area contributed by atoms with E-state index in [1.807, 2.05) is 13.8 Å². The smallest absolute Gasteiger partial charge is 0.243 e. The van der Waals surface area contributed by atoms with Crippen LogP contribution in [0, 0.1) is 0 Å². The van der Waals surface area contributed by atoms with E-state index < -0.39 is 6.04 Å². The maximum absolute atomic E-state index is 12.3. The molecule has 1 aromatic carbocycles. The summed E-state index contributed by atoms with van der Waals surface area (Å²) in [6.07, 6.45) is 2.24.